The number of aromatic nitrogens is 4. The van der Waals surface area contributed by atoms with Crippen LogP contribution in [0.4, 0.5) is 5.69 Å². The summed E-state index contributed by atoms with van der Waals surface area (Å²) in [5.41, 5.74) is 3.11. The van der Waals surface area contributed by atoms with E-state index in [-0.39, 0.29) is 5.91 Å². The number of aryl methyl sites for hydroxylation is 2. The van der Waals surface area contributed by atoms with Gasteiger partial charge < -0.3 is 5.32 Å². The zero-order valence-corrected chi connectivity index (χ0v) is 14.3. The van der Waals surface area contributed by atoms with Gasteiger partial charge in [0.1, 0.15) is 0 Å². The van der Waals surface area contributed by atoms with E-state index < -0.39 is 0 Å². The van der Waals surface area contributed by atoms with E-state index in [1.807, 2.05) is 30.7 Å². The van der Waals surface area contributed by atoms with Gasteiger partial charge in [-0.05, 0) is 60.4 Å². The number of benzene rings is 1. The van der Waals surface area contributed by atoms with Crippen molar-refractivity contribution >= 4 is 23.4 Å². The molecule has 0 saturated heterocycles. The van der Waals surface area contributed by atoms with Crippen molar-refractivity contribution in [3.8, 4) is 0 Å². The summed E-state index contributed by atoms with van der Waals surface area (Å²) in [5.74, 6) is 0.265. The largest absolute Gasteiger partial charge is 0.325 e. The molecule has 0 atom stereocenters. The molecule has 6 nitrogen and oxygen atoms in total. The Morgan fingerprint density at radius 1 is 1.26 bits per heavy atom. The molecule has 0 bridgehead atoms. The summed E-state index contributed by atoms with van der Waals surface area (Å²) >= 11 is 1.39. The van der Waals surface area contributed by atoms with Crippen LogP contribution in [0.1, 0.15) is 42.9 Å². The number of hydrogen-bond acceptors (Lipinski definition) is 5. The molecule has 0 aliphatic heterocycles. The van der Waals surface area contributed by atoms with Crippen LogP contribution in [0.25, 0.3) is 0 Å². The van der Waals surface area contributed by atoms with Crippen LogP contribution in [0.3, 0.4) is 0 Å². The number of anilines is 1. The quantitative estimate of drug-likeness (QED) is 0.852. The number of thioether (sulfide) groups is 1. The number of nitrogens with one attached hydrogen (secondary N) is 1. The molecular weight excluding hydrogens is 310 g/mol. The highest BCUT2D eigenvalue weighted by molar-refractivity contribution is 7.99. The zero-order valence-electron chi connectivity index (χ0n) is 13.5. The average Bonchev–Trinajstić information content (AvgIpc) is 3.15. The van der Waals surface area contributed by atoms with Crippen LogP contribution in [0, 0.1) is 13.8 Å². The molecule has 0 unspecified atom stereocenters. The first-order valence-electron chi connectivity index (χ1n) is 7.90. The maximum atomic E-state index is 12.2. The summed E-state index contributed by atoms with van der Waals surface area (Å²) < 4.78 is 1.88. The number of amides is 1. The van der Waals surface area contributed by atoms with Crippen molar-refractivity contribution in [2.45, 2.75) is 50.7 Å². The number of carbonyl (C=O) groups excluding carboxylic acids is 1. The first-order chi connectivity index (χ1) is 11.1. The summed E-state index contributed by atoms with van der Waals surface area (Å²) in [7, 11) is 0. The van der Waals surface area contributed by atoms with E-state index in [0.29, 0.717) is 11.8 Å². The molecule has 1 heterocycles. The van der Waals surface area contributed by atoms with Gasteiger partial charge in [-0.15, -0.1) is 5.10 Å². The molecular formula is C16H21N5OS. The van der Waals surface area contributed by atoms with Gasteiger partial charge >= 0.3 is 0 Å². The fraction of sp³-hybridized carbons (Fsp3) is 0.500. The van der Waals surface area contributed by atoms with Gasteiger partial charge in [0.05, 0.1) is 11.8 Å². The predicted octanol–water partition coefficient (Wildman–Crippen LogP) is 3.14. The molecule has 1 aromatic heterocycles. The third-order valence-electron chi connectivity index (χ3n) is 3.97. The van der Waals surface area contributed by atoms with Gasteiger partial charge in [-0.2, -0.15) is 0 Å². The molecule has 1 amide bonds. The molecule has 23 heavy (non-hydrogen) atoms. The van der Waals surface area contributed by atoms with Crippen LogP contribution in [-0.4, -0.2) is 31.9 Å². The number of tetrazole rings is 1. The third kappa shape index (κ3) is 4.10. The van der Waals surface area contributed by atoms with E-state index >= 15 is 0 Å². The lowest BCUT2D eigenvalue weighted by atomic mass is 10.1. The molecule has 1 N–H and O–H groups in total. The van der Waals surface area contributed by atoms with Crippen molar-refractivity contribution in [3.63, 3.8) is 0 Å². The summed E-state index contributed by atoms with van der Waals surface area (Å²) in [6, 6.07) is 6.41. The van der Waals surface area contributed by atoms with Gasteiger partial charge in [-0.3, -0.25) is 4.79 Å². The second kappa shape index (κ2) is 7.12. The minimum atomic E-state index is -0.0408. The van der Waals surface area contributed by atoms with Crippen molar-refractivity contribution in [3.05, 3.63) is 29.3 Å². The SMILES string of the molecule is Cc1cc(C)cc(NC(=O)CSc2nnnn2C2CCCC2)c1. The Morgan fingerprint density at radius 2 is 1.96 bits per heavy atom. The second-order valence-electron chi connectivity index (χ2n) is 6.06. The van der Waals surface area contributed by atoms with Crippen LogP contribution in [0.2, 0.25) is 0 Å². The monoisotopic (exact) mass is 331 g/mol. The molecule has 3 rings (SSSR count). The Hall–Kier alpha value is -1.89. The Kier molecular flexibility index (Phi) is 4.95. The van der Waals surface area contributed by atoms with Gasteiger partial charge in [0.15, 0.2) is 0 Å². The van der Waals surface area contributed by atoms with Gasteiger partial charge in [0.2, 0.25) is 11.1 Å². The molecule has 122 valence electrons. The van der Waals surface area contributed by atoms with Gasteiger partial charge in [0.25, 0.3) is 0 Å². The van der Waals surface area contributed by atoms with Gasteiger partial charge in [-0.1, -0.05) is 30.7 Å². The molecule has 2 aromatic rings. The van der Waals surface area contributed by atoms with Crippen LogP contribution < -0.4 is 5.32 Å². The van der Waals surface area contributed by atoms with Crippen molar-refractivity contribution in [1.29, 1.82) is 0 Å². The van der Waals surface area contributed by atoms with Crippen LogP contribution >= 0.6 is 11.8 Å². The van der Waals surface area contributed by atoms with Crippen LogP contribution in [0.5, 0.6) is 0 Å². The highest BCUT2D eigenvalue weighted by Crippen LogP contribution is 2.31. The summed E-state index contributed by atoms with van der Waals surface area (Å²) in [4.78, 5) is 12.2. The molecule has 1 aliphatic carbocycles. The summed E-state index contributed by atoms with van der Waals surface area (Å²) in [6.45, 7) is 4.04. The van der Waals surface area contributed by atoms with E-state index in [9.17, 15) is 4.79 Å². The average molecular weight is 331 g/mol. The van der Waals surface area contributed by atoms with Crippen molar-refractivity contribution in [2.24, 2.45) is 0 Å². The standard InChI is InChI=1S/C16H21N5OS/c1-11-7-12(2)9-13(8-11)17-15(22)10-23-16-18-19-20-21(16)14-5-3-4-6-14/h7-9,14H,3-6,10H2,1-2H3,(H,17,22). The number of hydrogen-bond donors (Lipinski definition) is 1. The molecule has 7 heteroatoms. The van der Waals surface area contributed by atoms with Gasteiger partial charge in [-0.25, -0.2) is 4.68 Å². The predicted molar refractivity (Wildman–Crippen MR) is 90.6 cm³/mol. The van der Waals surface area contributed by atoms with Crippen molar-refractivity contribution < 1.29 is 4.79 Å². The van der Waals surface area contributed by atoms with E-state index in [2.05, 4.69) is 26.9 Å². The van der Waals surface area contributed by atoms with Gasteiger partial charge in [0, 0.05) is 5.69 Å². The fourth-order valence-corrected chi connectivity index (χ4v) is 3.78. The minimum absolute atomic E-state index is 0.0408. The van der Waals surface area contributed by atoms with Crippen LogP contribution in [0.15, 0.2) is 23.4 Å². The topological polar surface area (TPSA) is 72.7 Å². The normalized spacial score (nSPS) is 15.0. The second-order valence-corrected chi connectivity index (χ2v) is 7.00. The Labute approximate surface area is 140 Å². The highest BCUT2D eigenvalue weighted by Gasteiger charge is 2.22. The maximum absolute atomic E-state index is 12.2. The maximum Gasteiger partial charge on any atom is 0.234 e. The molecule has 1 saturated carbocycles. The Balaban J connectivity index is 1.58. The lowest BCUT2D eigenvalue weighted by molar-refractivity contribution is -0.113. The van der Waals surface area contributed by atoms with Crippen molar-refractivity contribution in [1.82, 2.24) is 20.2 Å². The lowest BCUT2D eigenvalue weighted by Crippen LogP contribution is -2.15. The van der Waals surface area contributed by atoms with E-state index in [1.54, 1.807) is 0 Å². The molecule has 1 fully saturated rings. The first kappa shape index (κ1) is 16.0. The Morgan fingerprint density at radius 3 is 2.65 bits per heavy atom. The summed E-state index contributed by atoms with van der Waals surface area (Å²) in [5, 5.41) is 15.6. The molecule has 0 radical (unpaired) electrons. The smallest absolute Gasteiger partial charge is 0.234 e. The van der Waals surface area contributed by atoms with Crippen LogP contribution in [-0.2, 0) is 4.79 Å². The summed E-state index contributed by atoms with van der Waals surface area (Å²) in [6.07, 6.45) is 4.68. The lowest BCUT2D eigenvalue weighted by Gasteiger charge is -2.11. The molecule has 1 aliphatic rings. The van der Waals surface area contributed by atoms with E-state index in [1.165, 1.54) is 24.6 Å². The number of rotatable bonds is 5. The highest BCUT2D eigenvalue weighted by atomic mass is 32.2. The Bertz CT molecular complexity index is 673. The number of carbonyl (C=O) groups is 1. The fourth-order valence-electron chi connectivity index (χ4n) is 3.03. The number of nitrogens with zero attached hydrogens (tertiary/aromatic N) is 4. The zero-order chi connectivity index (χ0) is 16.2. The van der Waals surface area contributed by atoms with Crippen molar-refractivity contribution in [2.75, 3.05) is 11.1 Å². The van der Waals surface area contributed by atoms with E-state index in [4.69, 9.17) is 0 Å². The molecule has 0 spiro atoms. The van der Waals surface area contributed by atoms with E-state index in [0.717, 1.165) is 34.8 Å². The third-order valence-corrected chi connectivity index (χ3v) is 4.90. The first-order valence-corrected chi connectivity index (χ1v) is 8.89. The molecule has 1 aromatic carbocycles. The minimum Gasteiger partial charge on any atom is -0.325 e.